The monoisotopic (exact) mass is 233 g/mol. The highest BCUT2D eigenvalue weighted by Gasteiger charge is 2.37. The van der Waals surface area contributed by atoms with Gasteiger partial charge in [-0.2, -0.15) is 0 Å². The van der Waals surface area contributed by atoms with Gasteiger partial charge in [-0.05, 0) is 24.8 Å². The fraction of sp³-hybridized carbons (Fsp3) is 0.600. The summed E-state index contributed by atoms with van der Waals surface area (Å²) < 4.78 is 5.21. The normalized spacial score (nSPS) is 29.2. The van der Waals surface area contributed by atoms with Gasteiger partial charge in [0.1, 0.15) is 0 Å². The van der Waals surface area contributed by atoms with Crippen LogP contribution in [0.15, 0.2) is 30.3 Å². The van der Waals surface area contributed by atoms with E-state index in [2.05, 4.69) is 30.3 Å². The van der Waals surface area contributed by atoms with Crippen LogP contribution < -0.4 is 5.73 Å². The Labute approximate surface area is 104 Å². The summed E-state index contributed by atoms with van der Waals surface area (Å²) in [5, 5.41) is 0. The van der Waals surface area contributed by atoms with E-state index in [0.29, 0.717) is 5.92 Å². The lowest BCUT2D eigenvalue weighted by atomic mass is 9.69. The zero-order chi connectivity index (χ0) is 12.1. The van der Waals surface area contributed by atoms with Crippen molar-refractivity contribution in [3.8, 4) is 0 Å². The molecule has 0 amide bonds. The Balaban J connectivity index is 2.17. The first-order valence-electron chi connectivity index (χ1n) is 6.59. The van der Waals surface area contributed by atoms with Crippen LogP contribution in [0.3, 0.4) is 0 Å². The second-order valence-corrected chi connectivity index (χ2v) is 5.19. The Morgan fingerprint density at radius 1 is 1.29 bits per heavy atom. The lowest BCUT2D eigenvalue weighted by Gasteiger charge is -2.41. The maximum absolute atomic E-state index is 6.64. The molecule has 17 heavy (non-hydrogen) atoms. The summed E-state index contributed by atoms with van der Waals surface area (Å²) in [6.07, 6.45) is 5.85. The van der Waals surface area contributed by atoms with Crippen LogP contribution in [0.5, 0.6) is 0 Å². The van der Waals surface area contributed by atoms with Gasteiger partial charge in [0.05, 0.1) is 0 Å². The van der Waals surface area contributed by atoms with E-state index in [0.717, 1.165) is 19.4 Å². The van der Waals surface area contributed by atoms with Crippen LogP contribution in [0.1, 0.15) is 43.6 Å². The van der Waals surface area contributed by atoms with Crippen LogP contribution in [0, 0.1) is 0 Å². The number of methoxy groups -OCH3 is 1. The first-order valence-corrected chi connectivity index (χ1v) is 6.59. The SMILES string of the molecule is COCCC1(N)CCCCC1c1ccccc1. The van der Waals surface area contributed by atoms with Crippen LogP contribution in [-0.2, 0) is 4.74 Å². The molecule has 1 fully saturated rings. The van der Waals surface area contributed by atoms with Crippen LogP contribution in [0.2, 0.25) is 0 Å². The van der Waals surface area contributed by atoms with Crippen molar-refractivity contribution >= 4 is 0 Å². The van der Waals surface area contributed by atoms with Gasteiger partial charge in [0.25, 0.3) is 0 Å². The van der Waals surface area contributed by atoms with Gasteiger partial charge in [0, 0.05) is 25.2 Å². The van der Waals surface area contributed by atoms with Gasteiger partial charge in [-0.3, -0.25) is 0 Å². The van der Waals surface area contributed by atoms with Gasteiger partial charge in [0.2, 0.25) is 0 Å². The number of hydrogen-bond donors (Lipinski definition) is 1. The van der Waals surface area contributed by atoms with Crippen LogP contribution >= 0.6 is 0 Å². The molecule has 1 aliphatic rings. The topological polar surface area (TPSA) is 35.2 Å². The minimum absolute atomic E-state index is 0.0738. The lowest BCUT2D eigenvalue weighted by molar-refractivity contribution is 0.139. The van der Waals surface area contributed by atoms with Crippen molar-refractivity contribution in [2.75, 3.05) is 13.7 Å². The Bertz CT molecular complexity index is 338. The largest absolute Gasteiger partial charge is 0.385 e. The molecule has 1 aliphatic carbocycles. The molecule has 2 rings (SSSR count). The van der Waals surface area contributed by atoms with Gasteiger partial charge in [-0.15, -0.1) is 0 Å². The van der Waals surface area contributed by atoms with Gasteiger partial charge in [0.15, 0.2) is 0 Å². The summed E-state index contributed by atoms with van der Waals surface area (Å²) in [5.41, 5.74) is 7.96. The average Bonchev–Trinajstić information content (AvgIpc) is 2.38. The van der Waals surface area contributed by atoms with E-state index in [1.54, 1.807) is 7.11 Å². The van der Waals surface area contributed by atoms with Crippen LogP contribution in [0.25, 0.3) is 0 Å². The van der Waals surface area contributed by atoms with E-state index in [-0.39, 0.29) is 5.54 Å². The van der Waals surface area contributed by atoms with Crippen LogP contribution in [0.4, 0.5) is 0 Å². The van der Waals surface area contributed by atoms with Crippen molar-refractivity contribution < 1.29 is 4.74 Å². The fourth-order valence-electron chi connectivity index (χ4n) is 3.04. The molecule has 0 spiro atoms. The predicted octanol–water partition coefficient (Wildman–Crippen LogP) is 3.08. The predicted molar refractivity (Wildman–Crippen MR) is 71.1 cm³/mol. The molecule has 0 radical (unpaired) electrons. The quantitative estimate of drug-likeness (QED) is 0.867. The van der Waals surface area contributed by atoms with Crippen molar-refractivity contribution in [3.63, 3.8) is 0 Å². The third kappa shape index (κ3) is 2.88. The lowest BCUT2D eigenvalue weighted by Crippen LogP contribution is -2.48. The Hall–Kier alpha value is -0.860. The highest BCUT2D eigenvalue weighted by atomic mass is 16.5. The minimum Gasteiger partial charge on any atom is -0.385 e. The summed E-state index contributed by atoms with van der Waals surface area (Å²) in [5.74, 6) is 0.493. The second-order valence-electron chi connectivity index (χ2n) is 5.19. The molecule has 0 aromatic heterocycles. The van der Waals surface area contributed by atoms with Gasteiger partial charge in [-0.1, -0.05) is 43.2 Å². The molecule has 2 nitrogen and oxygen atoms in total. The number of hydrogen-bond acceptors (Lipinski definition) is 2. The van der Waals surface area contributed by atoms with Gasteiger partial charge >= 0.3 is 0 Å². The van der Waals surface area contributed by atoms with E-state index in [9.17, 15) is 0 Å². The highest BCUT2D eigenvalue weighted by Crippen LogP contribution is 2.41. The van der Waals surface area contributed by atoms with Gasteiger partial charge in [-0.25, -0.2) is 0 Å². The molecular formula is C15H23NO. The van der Waals surface area contributed by atoms with Crippen molar-refractivity contribution in [1.82, 2.24) is 0 Å². The first-order chi connectivity index (χ1) is 8.26. The molecule has 2 atom stereocenters. The fourth-order valence-corrected chi connectivity index (χ4v) is 3.04. The van der Waals surface area contributed by atoms with Crippen molar-refractivity contribution in [2.45, 2.75) is 43.6 Å². The maximum atomic E-state index is 6.64. The van der Waals surface area contributed by atoms with E-state index in [1.807, 2.05) is 0 Å². The summed E-state index contributed by atoms with van der Waals surface area (Å²) in [7, 11) is 1.75. The smallest absolute Gasteiger partial charge is 0.0479 e. The third-order valence-electron chi connectivity index (χ3n) is 4.05. The van der Waals surface area contributed by atoms with E-state index >= 15 is 0 Å². The molecule has 2 heteroatoms. The highest BCUT2D eigenvalue weighted by molar-refractivity contribution is 5.24. The number of nitrogens with two attached hydrogens (primary N) is 1. The minimum atomic E-state index is -0.0738. The van der Waals surface area contributed by atoms with Crippen molar-refractivity contribution in [1.29, 1.82) is 0 Å². The maximum Gasteiger partial charge on any atom is 0.0479 e. The molecule has 1 aromatic rings. The van der Waals surface area contributed by atoms with E-state index < -0.39 is 0 Å². The third-order valence-corrected chi connectivity index (χ3v) is 4.05. The molecule has 0 saturated heterocycles. The molecule has 94 valence electrons. The summed E-state index contributed by atoms with van der Waals surface area (Å²) >= 11 is 0. The Morgan fingerprint density at radius 2 is 2.06 bits per heavy atom. The van der Waals surface area contributed by atoms with Crippen LogP contribution in [-0.4, -0.2) is 19.3 Å². The Kier molecular flexibility index (Phi) is 4.19. The molecule has 1 aromatic carbocycles. The number of benzene rings is 1. The van der Waals surface area contributed by atoms with E-state index in [1.165, 1.54) is 24.8 Å². The molecule has 1 saturated carbocycles. The Morgan fingerprint density at radius 3 is 2.76 bits per heavy atom. The average molecular weight is 233 g/mol. The molecular weight excluding hydrogens is 210 g/mol. The zero-order valence-electron chi connectivity index (χ0n) is 10.7. The second kappa shape index (κ2) is 5.65. The molecule has 0 heterocycles. The standard InChI is InChI=1S/C15H23NO/c1-17-12-11-15(16)10-6-5-9-14(15)13-7-3-2-4-8-13/h2-4,7-8,14H,5-6,9-12,16H2,1H3. The number of ether oxygens (including phenoxy) is 1. The molecule has 2 N–H and O–H groups in total. The van der Waals surface area contributed by atoms with Crippen molar-refractivity contribution in [3.05, 3.63) is 35.9 Å². The molecule has 2 unspecified atom stereocenters. The first kappa shape index (κ1) is 12.6. The van der Waals surface area contributed by atoms with Gasteiger partial charge < -0.3 is 10.5 Å². The van der Waals surface area contributed by atoms with E-state index in [4.69, 9.17) is 10.5 Å². The molecule has 0 aliphatic heterocycles. The van der Waals surface area contributed by atoms with Crippen molar-refractivity contribution in [2.24, 2.45) is 5.73 Å². The molecule has 0 bridgehead atoms. The zero-order valence-corrected chi connectivity index (χ0v) is 10.7. The summed E-state index contributed by atoms with van der Waals surface area (Å²) in [6, 6.07) is 10.7. The number of rotatable bonds is 4. The summed E-state index contributed by atoms with van der Waals surface area (Å²) in [4.78, 5) is 0. The summed E-state index contributed by atoms with van der Waals surface area (Å²) in [6.45, 7) is 0.764.